The minimum atomic E-state index is -0.907. The number of aliphatic hydroxyl groups excluding tert-OH is 3. The Kier molecular flexibility index (Phi) is 5.56. The van der Waals surface area contributed by atoms with Crippen molar-refractivity contribution in [3.8, 4) is 0 Å². The average Bonchev–Trinajstić information content (AvgIpc) is 2.77. The van der Waals surface area contributed by atoms with E-state index in [0.29, 0.717) is 12.3 Å². The van der Waals surface area contributed by atoms with E-state index in [2.05, 4.69) is 40.7 Å². The van der Waals surface area contributed by atoms with Gasteiger partial charge in [0.05, 0.1) is 24.2 Å². The minimum Gasteiger partial charge on any atom is -0.481 e. The number of aliphatic carboxylic acids is 1. The molecule has 0 aromatic heterocycles. The SMILES string of the molecule is CC1(C)CC[C@]2(C(=O)O)CC[C@]3(C)C(=CC[C@@H]4[C@@]5(C)C[C@H](O)[C@H](O)C(C)(CO)C5CC[C@]43C)[C@H]2C1. The molecule has 0 amide bonds. The van der Waals surface area contributed by atoms with Crippen molar-refractivity contribution in [1.82, 2.24) is 0 Å². The third-order valence-corrected chi connectivity index (χ3v) is 13.2. The molecule has 5 aliphatic rings. The molecule has 0 radical (unpaired) electrons. The number of rotatable bonds is 2. The second-order valence-corrected chi connectivity index (χ2v) is 15.1. The fraction of sp³-hybridized carbons (Fsp3) is 0.900. The van der Waals surface area contributed by atoms with Gasteiger partial charge in [-0.15, -0.1) is 0 Å². The molecule has 35 heavy (non-hydrogen) atoms. The van der Waals surface area contributed by atoms with Crippen LogP contribution in [0.1, 0.15) is 99.3 Å². The smallest absolute Gasteiger partial charge is 0.310 e. The van der Waals surface area contributed by atoms with Crippen LogP contribution >= 0.6 is 0 Å². The molecule has 5 rings (SSSR count). The van der Waals surface area contributed by atoms with Gasteiger partial charge in [0.2, 0.25) is 0 Å². The van der Waals surface area contributed by atoms with Gasteiger partial charge in [-0.2, -0.15) is 0 Å². The van der Waals surface area contributed by atoms with Gasteiger partial charge in [-0.1, -0.05) is 53.2 Å². The van der Waals surface area contributed by atoms with Crippen LogP contribution < -0.4 is 0 Å². The van der Waals surface area contributed by atoms with Gasteiger partial charge in [0.1, 0.15) is 0 Å². The topological polar surface area (TPSA) is 98.0 Å². The molecule has 5 heteroatoms. The molecule has 2 unspecified atom stereocenters. The summed E-state index contributed by atoms with van der Waals surface area (Å²) >= 11 is 0. The first-order chi connectivity index (χ1) is 16.1. The Balaban J connectivity index is 1.61. The molecule has 0 heterocycles. The maximum Gasteiger partial charge on any atom is 0.310 e. The van der Waals surface area contributed by atoms with E-state index in [4.69, 9.17) is 0 Å². The van der Waals surface area contributed by atoms with Gasteiger partial charge in [-0.05, 0) is 97.2 Å². The molecule has 0 saturated heterocycles. The summed E-state index contributed by atoms with van der Waals surface area (Å²) in [6.45, 7) is 13.6. The van der Waals surface area contributed by atoms with Crippen molar-refractivity contribution in [3.63, 3.8) is 0 Å². The lowest BCUT2D eigenvalue weighted by Crippen LogP contribution is -2.68. The fourth-order valence-electron chi connectivity index (χ4n) is 10.8. The summed E-state index contributed by atoms with van der Waals surface area (Å²) in [7, 11) is 0. The Bertz CT molecular complexity index is 941. The van der Waals surface area contributed by atoms with Crippen molar-refractivity contribution >= 4 is 5.97 Å². The number of carboxylic acid groups (broad SMARTS) is 1. The van der Waals surface area contributed by atoms with Crippen molar-refractivity contribution in [1.29, 1.82) is 0 Å². The highest BCUT2D eigenvalue weighted by Crippen LogP contribution is 2.75. The van der Waals surface area contributed by atoms with Crippen LogP contribution in [0.4, 0.5) is 0 Å². The fourth-order valence-corrected chi connectivity index (χ4v) is 10.8. The largest absolute Gasteiger partial charge is 0.481 e. The Morgan fingerprint density at radius 2 is 1.60 bits per heavy atom. The van der Waals surface area contributed by atoms with E-state index >= 15 is 0 Å². The molecule has 0 bridgehead atoms. The van der Waals surface area contributed by atoms with E-state index in [9.17, 15) is 25.2 Å². The van der Waals surface area contributed by atoms with Crippen LogP contribution in [0.15, 0.2) is 11.6 Å². The molecule has 5 nitrogen and oxygen atoms in total. The minimum absolute atomic E-state index is 0.00698. The summed E-state index contributed by atoms with van der Waals surface area (Å²) in [5.41, 5.74) is -0.0632. The second-order valence-electron chi connectivity index (χ2n) is 15.1. The van der Waals surface area contributed by atoms with E-state index < -0.39 is 29.0 Å². The lowest BCUT2D eigenvalue weighted by atomic mass is 9.33. The predicted molar refractivity (Wildman–Crippen MR) is 135 cm³/mol. The molecule has 4 N–H and O–H groups in total. The number of carboxylic acids is 1. The van der Waals surface area contributed by atoms with Gasteiger partial charge in [0.25, 0.3) is 0 Å². The predicted octanol–water partition coefficient (Wildman–Crippen LogP) is 5.18. The number of allylic oxidation sites excluding steroid dienone is 2. The monoisotopic (exact) mass is 488 g/mol. The maximum absolute atomic E-state index is 12.8. The third-order valence-electron chi connectivity index (χ3n) is 13.2. The van der Waals surface area contributed by atoms with Gasteiger partial charge < -0.3 is 20.4 Å². The van der Waals surface area contributed by atoms with Crippen LogP contribution in [0.25, 0.3) is 0 Å². The van der Waals surface area contributed by atoms with Crippen molar-refractivity contribution in [2.75, 3.05) is 6.61 Å². The summed E-state index contributed by atoms with van der Waals surface area (Å²) in [6, 6.07) is 0. The first-order valence-electron chi connectivity index (χ1n) is 14.0. The Morgan fingerprint density at radius 1 is 0.943 bits per heavy atom. The molecule has 0 aromatic rings. The zero-order valence-corrected chi connectivity index (χ0v) is 22.7. The molecule has 10 atom stereocenters. The number of hydrogen-bond donors (Lipinski definition) is 4. The van der Waals surface area contributed by atoms with E-state index in [-0.39, 0.29) is 40.1 Å². The van der Waals surface area contributed by atoms with E-state index in [1.165, 1.54) is 5.57 Å². The van der Waals surface area contributed by atoms with Crippen molar-refractivity contribution in [2.45, 2.75) is 112 Å². The molecular formula is C30H48O5. The third kappa shape index (κ3) is 3.07. The summed E-state index contributed by atoms with van der Waals surface area (Å²) in [5, 5.41) is 42.8. The van der Waals surface area contributed by atoms with Crippen LogP contribution in [0.5, 0.6) is 0 Å². The van der Waals surface area contributed by atoms with Gasteiger partial charge in [0, 0.05) is 5.41 Å². The van der Waals surface area contributed by atoms with Crippen molar-refractivity contribution in [2.24, 2.45) is 50.2 Å². The lowest BCUT2D eigenvalue weighted by Gasteiger charge is -2.71. The summed E-state index contributed by atoms with van der Waals surface area (Å²) in [4.78, 5) is 12.8. The van der Waals surface area contributed by atoms with Crippen LogP contribution in [0.2, 0.25) is 0 Å². The highest BCUT2D eigenvalue weighted by atomic mass is 16.4. The van der Waals surface area contributed by atoms with Crippen LogP contribution in [-0.4, -0.2) is 45.2 Å². The van der Waals surface area contributed by atoms with E-state index in [1.807, 2.05) is 6.92 Å². The van der Waals surface area contributed by atoms with E-state index in [0.717, 1.165) is 51.4 Å². The molecule has 0 spiro atoms. The van der Waals surface area contributed by atoms with Gasteiger partial charge in [-0.3, -0.25) is 4.79 Å². The van der Waals surface area contributed by atoms with Gasteiger partial charge in [-0.25, -0.2) is 0 Å². The average molecular weight is 489 g/mol. The van der Waals surface area contributed by atoms with E-state index in [1.54, 1.807) is 0 Å². The van der Waals surface area contributed by atoms with Gasteiger partial charge in [0.15, 0.2) is 0 Å². The molecular weight excluding hydrogens is 440 g/mol. The van der Waals surface area contributed by atoms with Crippen molar-refractivity contribution < 1.29 is 25.2 Å². The molecule has 4 fully saturated rings. The zero-order chi connectivity index (χ0) is 25.8. The molecule has 5 aliphatic carbocycles. The maximum atomic E-state index is 12.8. The first kappa shape index (κ1) is 25.7. The Morgan fingerprint density at radius 3 is 2.23 bits per heavy atom. The molecule has 0 aliphatic heterocycles. The standard InChI is InChI=1S/C30H48O5/c1-25(2)11-13-30(24(34)35)14-12-28(5)18(19(30)15-25)7-8-22-26(3)16-20(32)23(33)27(4,17-31)21(26)9-10-29(22,28)6/h7,19-23,31-33H,8-17H2,1-6H3,(H,34,35)/t19-,20+,21?,22-,23+,26+,27?,28-,29-,30+/m1/s1. The molecule has 4 saturated carbocycles. The Hall–Kier alpha value is -0.910. The normalized spacial score (nSPS) is 55.0. The lowest BCUT2D eigenvalue weighted by molar-refractivity contribution is -0.243. The summed E-state index contributed by atoms with van der Waals surface area (Å²) in [6.07, 6.45) is 8.40. The number of fused-ring (bicyclic) bond motifs is 7. The number of aliphatic hydroxyl groups is 3. The van der Waals surface area contributed by atoms with Crippen LogP contribution in [0.3, 0.4) is 0 Å². The number of hydrogen-bond acceptors (Lipinski definition) is 4. The quantitative estimate of drug-likeness (QED) is 0.402. The summed E-state index contributed by atoms with van der Waals surface area (Å²) in [5.74, 6) is -0.0472. The summed E-state index contributed by atoms with van der Waals surface area (Å²) < 4.78 is 0. The first-order valence-corrected chi connectivity index (χ1v) is 14.0. The molecule has 0 aromatic carbocycles. The highest BCUT2D eigenvalue weighted by Gasteiger charge is 2.70. The van der Waals surface area contributed by atoms with Gasteiger partial charge >= 0.3 is 5.97 Å². The second kappa shape index (κ2) is 7.57. The van der Waals surface area contributed by atoms with Crippen molar-refractivity contribution in [3.05, 3.63) is 11.6 Å². The number of carbonyl (C=O) groups is 1. The van der Waals surface area contributed by atoms with Crippen LogP contribution in [0, 0.1) is 50.2 Å². The Labute approximate surface area is 211 Å². The molecule has 198 valence electrons. The zero-order valence-electron chi connectivity index (χ0n) is 22.7. The van der Waals surface area contributed by atoms with Crippen LogP contribution in [-0.2, 0) is 4.79 Å². The highest BCUT2D eigenvalue weighted by molar-refractivity contribution is 5.76.